The first-order valence-electron chi connectivity index (χ1n) is 6.20. The molecule has 0 heterocycles. The molecule has 0 spiro atoms. The minimum Gasteiger partial charge on any atom is -0.493 e. The third-order valence-electron chi connectivity index (χ3n) is 2.93. The highest BCUT2D eigenvalue weighted by Crippen LogP contribution is 2.33. The van der Waals surface area contributed by atoms with Crippen LogP contribution in [0.4, 0.5) is 0 Å². The molecule has 0 amide bonds. The molecule has 1 aromatic rings. The van der Waals surface area contributed by atoms with Gasteiger partial charge in [-0.25, -0.2) is 0 Å². The van der Waals surface area contributed by atoms with E-state index in [9.17, 15) is 15.2 Å². The van der Waals surface area contributed by atoms with E-state index in [4.69, 9.17) is 14.2 Å². The van der Waals surface area contributed by atoms with Gasteiger partial charge < -0.3 is 19.3 Å². The minimum absolute atomic E-state index is 0.00553. The summed E-state index contributed by atoms with van der Waals surface area (Å²) in [7, 11) is 2.99. The first kappa shape index (κ1) is 14.9. The van der Waals surface area contributed by atoms with Crippen molar-refractivity contribution in [2.24, 2.45) is 0 Å². The third kappa shape index (κ3) is 3.32. The Balaban J connectivity index is 2.28. The summed E-state index contributed by atoms with van der Waals surface area (Å²) in [5.74, 6) is 1.32. The van der Waals surface area contributed by atoms with Crippen LogP contribution < -0.4 is 14.2 Å². The molecule has 0 aromatic heterocycles. The van der Waals surface area contributed by atoms with Gasteiger partial charge in [0, 0.05) is 18.6 Å². The molecule has 1 aliphatic rings. The van der Waals surface area contributed by atoms with E-state index in [1.807, 2.05) is 0 Å². The van der Waals surface area contributed by atoms with E-state index >= 15 is 0 Å². The average molecular weight is 293 g/mol. The lowest BCUT2D eigenvalue weighted by molar-refractivity contribution is -0.424. The molecule has 112 valence electrons. The van der Waals surface area contributed by atoms with Gasteiger partial charge in [0.25, 0.3) is 0 Å². The standard InChI is InChI=1S/C14H15NO6/c1-19-12-6-4-10(8-14(12)20-2)21-13-7-9(16)3-5-11(13)15(17)18/h4-9,16H,3H2,1-2H3. The van der Waals surface area contributed by atoms with Crippen LogP contribution >= 0.6 is 0 Å². The van der Waals surface area contributed by atoms with Crippen molar-refractivity contribution in [3.05, 3.63) is 51.9 Å². The molecule has 0 saturated heterocycles. The molecular weight excluding hydrogens is 278 g/mol. The van der Waals surface area contributed by atoms with Crippen LogP contribution in [0.15, 0.2) is 41.8 Å². The molecule has 1 unspecified atom stereocenters. The van der Waals surface area contributed by atoms with Crippen LogP contribution in [0.3, 0.4) is 0 Å². The van der Waals surface area contributed by atoms with Crippen LogP contribution in [-0.2, 0) is 0 Å². The zero-order chi connectivity index (χ0) is 15.4. The maximum absolute atomic E-state index is 11.0. The number of methoxy groups -OCH3 is 2. The van der Waals surface area contributed by atoms with Crippen LogP contribution in [0.2, 0.25) is 0 Å². The maximum atomic E-state index is 11.0. The Labute approximate surface area is 121 Å². The van der Waals surface area contributed by atoms with E-state index in [0.29, 0.717) is 17.2 Å². The van der Waals surface area contributed by atoms with E-state index in [-0.39, 0.29) is 17.9 Å². The van der Waals surface area contributed by atoms with Crippen molar-refractivity contribution in [2.45, 2.75) is 12.5 Å². The first-order valence-corrected chi connectivity index (χ1v) is 6.20. The molecule has 21 heavy (non-hydrogen) atoms. The Hall–Kier alpha value is -2.54. The molecule has 0 saturated carbocycles. The van der Waals surface area contributed by atoms with Gasteiger partial charge in [-0.2, -0.15) is 0 Å². The largest absolute Gasteiger partial charge is 0.493 e. The minimum atomic E-state index is -0.802. The normalized spacial score (nSPS) is 17.6. The van der Waals surface area contributed by atoms with E-state index in [1.54, 1.807) is 18.2 Å². The molecule has 1 N–H and O–H groups in total. The summed E-state index contributed by atoms with van der Waals surface area (Å²) in [6.07, 6.45) is 2.04. The van der Waals surface area contributed by atoms with E-state index < -0.39 is 11.0 Å². The molecule has 7 heteroatoms. The molecule has 1 atom stereocenters. The molecule has 0 radical (unpaired) electrons. The van der Waals surface area contributed by atoms with Crippen LogP contribution in [0.25, 0.3) is 0 Å². The van der Waals surface area contributed by atoms with Crippen molar-refractivity contribution < 1.29 is 24.2 Å². The SMILES string of the molecule is COc1ccc(OC2=CC(O)CC=C2[N+](=O)[O-])cc1OC. The highest BCUT2D eigenvalue weighted by molar-refractivity contribution is 5.46. The number of benzene rings is 1. The van der Waals surface area contributed by atoms with Crippen LogP contribution in [0.5, 0.6) is 17.2 Å². The van der Waals surface area contributed by atoms with Crippen molar-refractivity contribution in [3.63, 3.8) is 0 Å². The second-order valence-corrected chi connectivity index (χ2v) is 4.30. The van der Waals surface area contributed by atoms with Crippen LogP contribution in [-0.4, -0.2) is 30.4 Å². The van der Waals surface area contributed by atoms with Crippen LogP contribution in [0, 0.1) is 10.1 Å². The molecule has 2 rings (SSSR count). The molecule has 1 aromatic carbocycles. The lowest BCUT2D eigenvalue weighted by atomic mass is 10.1. The molecule has 0 aliphatic heterocycles. The van der Waals surface area contributed by atoms with Crippen LogP contribution in [0.1, 0.15) is 6.42 Å². The van der Waals surface area contributed by atoms with Crippen molar-refractivity contribution in [2.75, 3.05) is 14.2 Å². The second kappa shape index (κ2) is 6.27. The zero-order valence-corrected chi connectivity index (χ0v) is 11.6. The highest BCUT2D eigenvalue weighted by atomic mass is 16.6. The van der Waals surface area contributed by atoms with Gasteiger partial charge in [-0.1, -0.05) is 0 Å². The maximum Gasteiger partial charge on any atom is 0.307 e. The smallest absolute Gasteiger partial charge is 0.307 e. The van der Waals surface area contributed by atoms with Gasteiger partial charge in [0.1, 0.15) is 5.75 Å². The number of nitrogens with zero attached hydrogens (tertiary/aromatic N) is 1. The number of aliphatic hydroxyl groups is 1. The van der Waals surface area contributed by atoms with E-state index in [2.05, 4.69) is 0 Å². The first-order chi connectivity index (χ1) is 10.0. The van der Waals surface area contributed by atoms with Crippen molar-refractivity contribution in [1.29, 1.82) is 0 Å². The quantitative estimate of drug-likeness (QED) is 0.658. The lowest BCUT2D eigenvalue weighted by Gasteiger charge is -2.15. The predicted molar refractivity (Wildman–Crippen MR) is 74.0 cm³/mol. The number of nitro groups is 1. The van der Waals surface area contributed by atoms with Crippen molar-refractivity contribution >= 4 is 0 Å². The summed E-state index contributed by atoms with van der Waals surface area (Å²) < 4.78 is 15.7. The molecular formula is C14H15NO6. The summed E-state index contributed by atoms with van der Waals surface area (Å²) in [4.78, 5) is 10.4. The van der Waals surface area contributed by atoms with E-state index in [0.717, 1.165) is 0 Å². The molecule has 1 aliphatic carbocycles. The lowest BCUT2D eigenvalue weighted by Crippen LogP contribution is -2.16. The Morgan fingerprint density at radius 1 is 1.29 bits per heavy atom. The predicted octanol–water partition coefficient (Wildman–Crippen LogP) is 1.89. The van der Waals surface area contributed by atoms with Crippen molar-refractivity contribution in [3.8, 4) is 17.2 Å². The molecule has 0 fully saturated rings. The Bertz CT molecular complexity index is 607. The number of ether oxygens (including phenoxy) is 3. The van der Waals surface area contributed by atoms with Crippen molar-refractivity contribution in [1.82, 2.24) is 0 Å². The molecule has 0 bridgehead atoms. The number of aliphatic hydroxyl groups excluding tert-OH is 1. The third-order valence-corrected chi connectivity index (χ3v) is 2.93. The number of hydrogen-bond donors (Lipinski definition) is 1. The van der Waals surface area contributed by atoms with E-state index in [1.165, 1.54) is 26.4 Å². The van der Waals surface area contributed by atoms with Gasteiger partial charge in [-0.15, -0.1) is 0 Å². The highest BCUT2D eigenvalue weighted by Gasteiger charge is 2.25. The summed E-state index contributed by atoms with van der Waals surface area (Å²) in [6, 6.07) is 4.78. The summed E-state index contributed by atoms with van der Waals surface area (Å²) >= 11 is 0. The Morgan fingerprint density at radius 3 is 2.62 bits per heavy atom. The number of hydrogen-bond acceptors (Lipinski definition) is 6. The van der Waals surface area contributed by atoms with Gasteiger partial charge in [-0.3, -0.25) is 10.1 Å². The monoisotopic (exact) mass is 293 g/mol. The second-order valence-electron chi connectivity index (χ2n) is 4.30. The summed E-state index contributed by atoms with van der Waals surface area (Å²) in [5.41, 5.74) is -0.171. The van der Waals surface area contributed by atoms with Gasteiger partial charge in [0.05, 0.1) is 25.2 Å². The fourth-order valence-electron chi connectivity index (χ4n) is 1.92. The van der Waals surface area contributed by atoms with Gasteiger partial charge in [0.2, 0.25) is 5.76 Å². The Morgan fingerprint density at radius 2 is 2.00 bits per heavy atom. The zero-order valence-electron chi connectivity index (χ0n) is 11.6. The summed E-state index contributed by atoms with van der Waals surface area (Å²) in [5, 5.41) is 20.5. The fourth-order valence-corrected chi connectivity index (χ4v) is 1.92. The Kier molecular flexibility index (Phi) is 4.44. The van der Waals surface area contributed by atoms with Gasteiger partial charge in [0.15, 0.2) is 11.5 Å². The summed E-state index contributed by atoms with van der Waals surface area (Å²) in [6.45, 7) is 0. The average Bonchev–Trinajstić information content (AvgIpc) is 2.46. The fraction of sp³-hybridized carbons (Fsp3) is 0.286. The molecule has 7 nitrogen and oxygen atoms in total. The number of rotatable bonds is 5. The van der Waals surface area contributed by atoms with Gasteiger partial charge >= 0.3 is 5.70 Å². The van der Waals surface area contributed by atoms with Gasteiger partial charge in [-0.05, 0) is 18.2 Å². The topological polar surface area (TPSA) is 91.1 Å².